The zero-order valence-electron chi connectivity index (χ0n) is 70.2. The number of ether oxygens (including phenoxy) is 7. The molecule has 0 spiro atoms. The van der Waals surface area contributed by atoms with Gasteiger partial charge in [0, 0.05) is 120 Å². The number of rotatable bonds is 33. The van der Waals surface area contributed by atoms with Gasteiger partial charge in [-0.15, -0.1) is 0 Å². The van der Waals surface area contributed by atoms with E-state index in [1.54, 1.807) is 38.2 Å². The first-order valence-electron chi connectivity index (χ1n) is 39.6. The highest BCUT2D eigenvalue weighted by Crippen LogP contribution is 2.31. The fourth-order valence-corrected chi connectivity index (χ4v) is 15.3. The third-order valence-corrected chi connectivity index (χ3v) is 21.2. The van der Waals surface area contributed by atoms with Crippen LogP contribution in [0, 0.1) is 71.0 Å². The topological polar surface area (TPSA) is 310 Å². The van der Waals surface area contributed by atoms with Crippen molar-refractivity contribution in [3.8, 4) is 23.0 Å². The van der Waals surface area contributed by atoms with Crippen molar-refractivity contribution in [2.24, 2.45) is 76.7 Å². The van der Waals surface area contributed by atoms with E-state index in [-0.39, 0.29) is 78.8 Å². The van der Waals surface area contributed by atoms with Crippen LogP contribution in [0.1, 0.15) is 168 Å². The zero-order chi connectivity index (χ0) is 84.3. The molecule has 113 heavy (non-hydrogen) atoms. The van der Waals surface area contributed by atoms with Gasteiger partial charge >= 0.3 is 23.9 Å². The van der Waals surface area contributed by atoms with Crippen LogP contribution in [-0.2, 0) is 83.5 Å². The normalized spacial score (nSPS) is 18.5. The molecule has 5 aliphatic heterocycles. The fraction of sp³-hybridized carbons (Fsp3) is 0.602. The van der Waals surface area contributed by atoms with Crippen LogP contribution in [-0.4, -0.2) is 183 Å². The van der Waals surface area contributed by atoms with E-state index in [0.29, 0.717) is 87.0 Å². The van der Waals surface area contributed by atoms with Crippen LogP contribution in [0.25, 0.3) is 0 Å². The molecule has 4 aromatic carbocycles. The summed E-state index contributed by atoms with van der Waals surface area (Å²) in [6.45, 7) is 30.5. The van der Waals surface area contributed by atoms with Crippen LogP contribution in [0.2, 0.25) is 0 Å². The molecule has 0 aromatic heterocycles. The van der Waals surface area contributed by atoms with Crippen LogP contribution in [0.15, 0.2) is 109 Å². The second kappa shape index (κ2) is 53.7. The Bertz CT molecular complexity index is 3430. The molecule has 4 aromatic rings. The molecule has 0 saturated carbocycles. The summed E-state index contributed by atoms with van der Waals surface area (Å²) >= 11 is 2.35. The highest BCUT2D eigenvalue weighted by atomic mass is 127. The summed E-state index contributed by atoms with van der Waals surface area (Å²) < 4.78 is 34.8. The molecule has 0 bridgehead atoms. The number of amides is 5. The standard InChI is InChI=1S/C19H29NO2.C14H17NO4.C13H16INO2.C13H17NO3.C11H23NO2.C11H21NO.C7H10O4/c1-14(2)9-15(3)10-17-11-19(21)20(13-17)12-16-5-7-18(22-4)8-6-16;1-18-12-5-3-10(4-6-12)8-15-9-11(7-13(15)16)14(17)19-2;1-17-12-4-2-10(3-5-12)8-15-9-11(7-14)6-13(15)16;1-17-12-4-2-10(3-5-12)7-14-8-11(9-15)6-13(14)16;1-8(2)4-9(3)5-10(7-12)6-11(13)14;1-8(2)4-9(3)5-10-6-11(13)12-7-10;1-5(7(9)11-3)4-6(8)10-2/h5-8,14-15,17H,9-13H2,1-4H3;3-6,11H,7-9H2,1-2H3;2-5,11H,6-9H2,1H3;2-5,11,15H,6-9H2,1H3;8-10H,4-7,12H2,1-3H3,(H,13,14);8-10H,4-7H2,1-3H3,(H,12,13);1,4H2,2-3H3. The summed E-state index contributed by atoms with van der Waals surface area (Å²) in [7, 11) is 10.4. The van der Waals surface area contributed by atoms with Crippen molar-refractivity contribution in [2.75, 3.05) is 100 Å². The Balaban J connectivity index is 0.000000345. The number of carbonyl (C=O) groups is 9. The third-order valence-electron chi connectivity index (χ3n) is 20.0. The van der Waals surface area contributed by atoms with Crippen LogP contribution < -0.4 is 30.0 Å². The van der Waals surface area contributed by atoms with Crippen LogP contribution in [0.3, 0.4) is 0 Å². The number of nitrogens with zero attached hydrogens (tertiary/aromatic N) is 4. The van der Waals surface area contributed by atoms with Crippen molar-refractivity contribution in [2.45, 2.75) is 172 Å². The lowest BCUT2D eigenvalue weighted by molar-refractivity contribution is -0.145. The lowest BCUT2D eigenvalue weighted by atomic mass is 9.88. The summed E-state index contributed by atoms with van der Waals surface area (Å²) in [5, 5.41) is 20.6. The number of nitrogens with two attached hydrogens (primary N) is 1. The van der Waals surface area contributed by atoms with Crippen molar-refractivity contribution < 1.29 is 86.5 Å². The number of carboxylic acids is 1. The predicted molar refractivity (Wildman–Crippen MR) is 447 cm³/mol. The average molecular weight is 1690 g/mol. The largest absolute Gasteiger partial charge is 0.497 e. The van der Waals surface area contributed by atoms with Gasteiger partial charge in [0.15, 0.2) is 0 Å². The molecule has 5 N–H and O–H groups in total. The number of carbonyl (C=O) groups excluding carboxylic acids is 8. The molecule has 5 amide bonds. The summed E-state index contributed by atoms with van der Waals surface area (Å²) in [6, 6.07) is 31.1. The van der Waals surface area contributed by atoms with Crippen molar-refractivity contribution in [1.82, 2.24) is 24.9 Å². The first-order chi connectivity index (χ1) is 53.7. The Hall–Kier alpha value is -8.30. The van der Waals surface area contributed by atoms with Gasteiger partial charge < -0.3 is 74.0 Å². The minimum atomic E-state index is -0.739. The van der Waals surface area contributed by atoms with Gasteiger partial charge in [-0.2, -0.15) is 0 Å². The van der Waals surface area contributed by atoms with E-state index in [9.17, 15) is 43.2 Å². The van der Waals surface area contributed by atoms with Gasteiger partial charge in [0.2, 0.25) is 29.5 Å². The molecule has 0 aliphatic carbocycles. The summed E-state index contributed by atoms with van der Waals surface area (Å²) in [4.78, 5) is 109. The number of hydrogen-bond donors (Lipinski definition) is 4. The van der Waals surface area contributed by atoms with Gasteiger partial charge in [-0.1, -0.05) is 140 Å². The van der Waals surface area contributed by atoms with Crippen molar-refractivity contribution in [3.63, 3.8) is 0 Å². The second-order valence-electron chi connectivity index (χ2n) is 31.8. The minimum absolute atomic E-state index is 0.00813. The molecule has 5 saturated heterocycles. The molecule has 24 nitrogen and oxygen atoms in total. The number of aliphatic hydroxyl groups excluding tert-OH is 1. The van der Waals surface area contributed by atoms with E-state index in [1.165, 1.54) is 52.6 Å². The molecule has 25 heteroatoms. The molecular weight excluding hydrogens is 1560 g/mol. The highest BCUT2D eigenvalue weighted by molar-refractivity contribution is 14.1. The van der Waals surface area contributed by atoms with E-state index in [4.69, 9.17) is 34.9 Å². The number of aliphatic carboxylic acids is 1. The van der Waals surface area contributed by atoms with Gasteiger partial charge in [-0.3, -0.25) is 38.4 Å². The Kier molecular flexibility index (Phi) is 47.0. The van der Waals surface area contributed by atoms with Crippen LogP contribution in [0.5, 0.6) is 23.0 Å². The molecular formula is C88H133IN6O18. The quantitative estimate of drug-likeness (QED) is 0.0113. The first-order valence-corrected chi connectivity index (χ1v) is 41.1. The van der Waals surface area contributed by atoms with E-state index in [0.717, 1.165) is 120 Å². The van der Waals surface area contributed by atoms with Crippen molar-refractivity contribution in [1.29, 1.82) is 0 Å². The zero-order valence-corrected chi connectivity index (χ0v) is 72.4. The predicted octanol–water partition coefficient (Wildman–Crippen LogP) is 13.4. The molecule has 0 radical (unpaired) electrons. The van der Waals surface area contributed by atoms with Gasteiger partial charge in [-0.25, -0.2) is 4.79 Å². The molecule has 5 heterocycles. The Morgan fingerprint density at radius 1 is 0.487 bits per heavy atom. The summed E-state index contributed by atoms with van der Waals surface area (Å²) in [5.74, 6) is 7.89. The monoisotopic (exact) mass is 1690 g/mol. The number of nitrogens with one attached hydrogen (secondary N) is 1. The Morgan fingerprint density at radius 2 is 0.850 bits per heavy atom. The number of halogens is 1. The maximum absolute atomic E-state index is 12.2. The second-order valence-corrected chi connectivity index (χ2v) is 32.7. The lowest BCUT2D eigenvalue weighted by Gasteiger charge is -2.19. The Labute approximate surface area is 686 Å². The minimum Gasteiger partial charge on any atom is -0.497 e. The number of carboxylic acid groups (broad SMARTS) is 1. The number of hydrogen-bond acceptors (Lipinski definition) is 18. The van der Waals surface area contributed by atoms with Crippen molar-refractivity contribution in [3.05, 3.63) is 131 Å². The lowest BCUT2D eigenvalue weighted by Crippen LogP contribution is -2.26. The van der Waals surface area contributed by atoms with E-state index < -0.39 is 17.9 Å². The molecule has 5 aliphatic rings. The van der Waals surface area contributed by atoms with Crippen LogP contribution in [0.4, 0.5) is 0 Å². The maximum Gasteiger partial charge on any atom is 0.333 e. The smallest absolute Gasteiger partial charge is 0.333 e. The Morgan fingerprint density at radius 3 is 1.17 bits per heavy atom. The number of methoxy groups -OCH3 is 7. The van der Waals surface area contributed by atoms with Gasteiger partial charge in [0.25, 0.3) is 0 Å². The van der Waals surface area contributed by atoms with E-state index >= 15 is 0 Å². The first kappa shape index (κ1) is 98.9. The molecule has 9 rings (SSSR count). The summed E-state index contributed by atoms with van der Waals surface area (Å²) in [5.41, 5.74) is 10.1. The van der Waals surface area contributed by atoms with Crippen molar-refractivity contribution >= 4 is 76.0 Å². The third kappa shape index (κ3) is 39.5. The number of benzene rings is 4. The molecule has 9 atom stereocenters. The fourth-order valence-electron chi connectivity index (χ4n) is 14.7. The number of likely N-dealkylation sites (tertiary alicyclic amines) is 4. The maximum atomic E-state index is 12.2. The van der Waals surface area contributed by atoms with Gasteiger partial charge in [-0.05, 0) is 175 Å². The SMILES string of the molecule is C=C(CC(=O)OC)C(=O)OC.CC(C)CC(C)CC(CN)CC(=O)O.CC(C)CC(C)CC1CNC(=O)C1.COC(=O)C1CC(=O)N(Cc2ccc(OC)cc2)C1.COc1ccc(CN2CC(CC(C)CC(C)C)CC2=O)cc1.COc1ccc(CN2CC(CI)CC2=O)cc1.COc1ccc(CN2CC(CO)CC2=O)cc1. The molecule has 5 fully saturated rings. The van der Waals surface area contributed by atoms with Gasteiger partial charge in [0.05, 0.1) is 62.1 Å². The van der Waals surface area contributed by atoms with E-state index in [2.05, 4.69) is 111 Å². The highest BCUT2D eigenvalue weighted by Gasteiger charge is 2.36. The molecule has 9 unspecified atom stereocenters. The van der Waals surface area contributed by atoms with E-state index in [1.807, 2.05) is 107 Å². The van der Waals surface area contributed by atoms with Crippen LogP contribution >= 0.6 is 22.6 Å². The molecule has 630 valence electrons. The number of alkyl halides is 1. The summed E-state index contributed by atoms with van der Waals surface area (Å²) in [6.07, 6.45) is 9.96. The number of esters is 3. The average Bonchev–Trinajstić information content (AvgIpc) is 1.64. The van der Waals surface area contributed by atoms with Gasteiger partial charge in [0.1, 0.15) is 23.0 Å². The number of aliphatic hydroxyl groups is 1.